The number of anilines is 1. The van der Waals surface area contributed by atoms with Gasteiger partial charge in [-0.2, -0.15) is 0 Å². The fourth-order valence-electron chi connectivity index (χ4n) is 3.76. The van der Waals surface area contributed by atoms with Crippen molar-refractivity contribution in [3.63, 3.8) is 0 Å². The van der Waals surface area contributed by atoms with Crippen LogP contribution in [0.15, 0.2) is 76.4 Å². The second kappa shape index (κ2) is 7.55. The summed E-state index contributed by atoms with van der Waals surface area (Å²) in [7, 11) is 0. The van der Waals surface area contributed by atoms with Crippen molar-refractivity contribution < 1.29 is 4.42 Å². The minimum absolute atomic E-state index is 0.416. The molecule has 3 aromatic rings. The zero-order chi connectivity index (χ0) is 20.5. The van der Waals surface area contributed by atoms with Crippen LogP contribution in [0.2, 0.25) is 0 Å². The van der Waals surface area contributed by atoms with Crippen LogP contribution in [0.3, 0.4) is 0 Å². The van der Waals surface area contributed by atoms with Gasteiger partial charge in [-0.25, -0.2) is 19.9 Å². The third kappa shape index (κ3) is 3.16. The number of rotatable bonds is 4. The van der Waals surface area contributed by atoms with E-state index in [-0.39, 0.29) is 0 Å². The van der Waals surface area contributed by atoms with Crippen molar-refractivity contribution in [2.24, 2.45) is 4.99 Å². The Morgan fingerprint density at radius 3 is 2.43 bits per heavy atom. The summed E-state index contributed by atoms with van der Waals surface area (Å²) in [6.07, 6.45) is 3.37. The van der Waals surface area contributed by atoms with Crippen LogP contribution in [0.25, 0.3) is 33.3 Å². The van der Waals surface area contributed by atoms with E-state index in [1.807, 2.05) is 36.4 Å². The lowest BCUT2D eigenvalue weighted by Gasteiger charge is -2.21. The summed E-state index contributed by atoms with van der Waals surface area (Å²) >= 11 is 0. The maximum atomic E-state index is 6.32. The fourth-order valence-corrected chi connectivity index (χ4v) is 3.76. The smallest absolute Gasteiger partial charge is 0.249 e. The highest BCUT2D eigenvalue weighted by Gasteiger charge is 2.15. The molecule has 148 valence electrons. The zero-order valence-corrected chi connectivity index (χ0v) is 16.9. The first-order valence-electron chi connectivity index (χ1n) is 10.1. The molecule has 0 fully saturated rings. The van der Waals surface area contributed by atoms with E-state index in [2.05, 4.69) is 45.8 Å². The van der Waals surface area contributed by atoms with Gasteiger partial charge < -0.3 is 9.32 Å². The molecule has 2 aromatic carbocycles. The van der Waals surface area contributed by atoms with Crippen LogP contribution in [0, 0.1) is 0 Å². The minimum atomic E-state index is 0.416. The van der Waals surface area contributed by atoms with E-state index in [0.29, 0.717) is 11.7 Å². The Morgan fingerprint density at radius 1 is 0.900 bits per heavy atom. The average molecular weight is 395 g/mol. The normalized spacial score (nSPS) is 12.1. The SMILES string of the molecule is CCN(CC)c1ccc2nc3c4ccccc4c(=Nc4ncccn4)cc-3oc2c1. The molecule has 5 rings (SSSR count). The topological polar surface area (TPSA) is 67.4 Å². The molecular formula is C24H21N5O. The van der Waals surface area contributed by atoms with E-state index in [1.165, 1.54) is 0 Å². The van der Waals surface area contributed by atoms with Crippen molar-refractivity contribution >= 4 is 33.5 Å². The van der Waals surface area contributed by atoms with E-state index >= 15 is 0 Å². The van der Waals surface area contributed by atoms with Gasteiger partial charge in [-0.05, 0) is 32.0 Å². The van der Waals surface area contributed by atoms with Gasteiger partial charge in [0.25, 0.3) is 0 Å². The second-order valence-electron chi connectivity index (χ2n) is 6.99. The molecule has 0 N–H and O–H groups in total. The van der Waals surface area contributed by atoms with Gasteiger partial charge >= 0.3 is 0 Å². The summed E-state index contributed by atoms with van der Waals surface area (Å²) in [5.41, 5.74) is 3.53. The van der Waals surface area contributed by atoms with Gasteiger partial charge in [0, 0.05) is 54.1 Å². The highest BCUT2D eigenvalue weighted by molar-refractivity contribution is 5.96. The van der Waals surface area contributed by atoms with E-state index in [4.69, 9.17) is 9.40 Å². The average Bonchev–Trinajstić information content (AvgIpc) is 2.79. The lowest BCUT2D eigenvalue weighted by atomic mass is 10.0. The van der Waals surface area contributed by atoms with Crippen molar-refractivity contribution in [1.29, 1.82) is 0 Å². The Bertz CT molecular complexity index is 1370. The van der Waals surface area contributed by atoms with Crippen LogP contribution >= 0.6 is 0 Å². The van der Waals surface area contributed by atoms with Crippen LogP contribution in [0.5, 0.6) is 0 Å². The summed E-state index contributed by atoms with van der Waals surface area (Å²) in [6.45, 7) is 6.17. The van der Waals surface area contributed by atoms with Crippen LogP contribution in [0.4, 0.5) is 11.6 Å². The molecule has 1 aromatic heterocycles. The summed E-state index contributed by atoms with van der Waals surface area (Å²) in [5, 5.41) is 2.73. The number of fused-ring (bicyclic) bond motifs is 4. The molecule has 0 bridgehead atoms. The number of hydrogen-bond acceptors (Lipinski definition) is 6. The lowest BCUT2D eigenvalue weighted by molar-refractivity contribution is 0.613. The summed E-state index contributed by atoms with van der Waals surface area (Å²) < 4.78 is 6.32. The Morgan fingerprint density at radius 2 is 1.67 bits per heavy atom. The van der Waals surface area contributed by atoms with Crippen molar-refractivity contribution in [1.82, 2.24) is 15.0 Å². The fraction of sp³-hybridized carbons (Fsp3) is 0.167. The molecule has 1 aliphatic carbocycles. The molecule has 0 atom stereocenters. The Hall–Kier alpha value is -3.80. The first kappa shape index (κ1) is 18.2. The predicted molar refractivity (Wildman–Crippen MR) is 119 cm³/mol. The van der Waals surface area contributed by atoms with Crippen LogP contribution in [-0.2, 0) is 0 Å². The Balaban J connectivity index is 1.80. The van der Waals surface area contributed by atoms with E-state index in [9.17, 15) is 0 Å². The maximum Gasteiger partial charge on any atom is 0.249 e. The summed E-state index contributed by atoms with van der Waals surface area (Å²) in [6, 6.07) is 17.9. The molecule has 0 radical (unpaired) electrons. The summed E-state index contributed by atoms with van der Waals surface area (Å²) in [4.78, 5) is 20.3. The molecule has 2 heterocycles. The van der Waals surface area contributed by atoms with Crippen LogP contribution in [-0.4, -0.2) is 28.0 Å². The molecular weight excluding hydrogens is 374 g/mol. The first-order valence-corrected chi connectivity index (χ1v) is 10.1. The maximum absolute atomic E-state index is 6.32. The lowest BCUT2D eigenvalue weighted by Crippen LogP contribution is -2.21. The molecule has 2 aliphatic rings. The van der Waals surface area contributed by atoms with Gasteiger partial charge in [-0.15, -0.1) is 0 Å². The third-order valence-electron chi connectivity index (χ3n) is 5.26. The van der Waals surface area contributed by atoms with Crippen molar-refractivity contribution in [2.75, 3.05) is 18.0 Å². The quantitative estimate of drug-likeness (QED) is 0.318. The molecule has 0 saturated carbocycles. The monoisotopic (exact) mass is 395 g/mol. The van der Waals surface area contributed by atoms with Gasteiger partial charge in [0.2, 0.25) is 5.95 Å². The molecule has 6 nitrogen and oxygen atoms in total. The molecule has 0 saturated heterocycles. The van der Waals surface area contributed by atoms with Crippen molar-refractivity contribution in [3.05, 3.63) is 72.3 Å². The first-order chi connectivity index (χ1) is 14.8. The van der Waals surface area contributed by atoms with Crippen LogP contribution < -0.4 is 10.3 Å². The highest BCUT2D eigenvalue weighted by atomic mass is 16.3. The molecule has 0 unspecified atom stereocenters. The van der Waals surface area contributed by atoms with E-state index in [1.54, 1.807) is 18.5 Å². The van der Waals surface area contributed by atoms with Crippen LogP contribution in [0.1, 0.15) is 13.8 Å². The Kier molecular flexibility index (Phi) is 4.59. The molecule has 1 aliphatic heterocycles. The van der Waals surface area contributed by atoms with Crippen molar-refractivity contribution in [2.45, 2.75) is 13.8 Å². The second-order valence-corrected chi connectivity index (χ2v) is 6.99. The molecule has 6 heteroatoms. The van der Waals surface area contributed by atoms with E-state index in [0.717, 1.165) is 51.7 Å². The van der Waals surface area contributed by atoms with Gasteiger partial charge in [0.15, 0.2) is 11.3 Å². The minimum Gasteiger partial charge on any atom is -0.453 e. The largest absolute Gasteiger partial charge is 0.453 e. The highest BCUT2D eigenvalue weighted by Crippen LogP contribution is 2.31. The number of nitrogens with zero attached hydrogens (tertiary/aromatic N) is 5. The zero-order valence-electron chi connectivity index (χ0n) is 16.9. The molecule has 0 spiro atoms. The third-order valence-corrected chi connectivity index (χ3v) is 5.26. The van der Waals surface area contributed by atoms with Crippen molar-refractivity contribution in [3.8, 4) is 11.5 Å². The number of hydrogen-bond donors (Lipinski definition) is 0. The number of aromatic nitrogens is 3. The standard InChI is InChI=1S/C24H21N5O/c1-3-29(4-2)16-10-11-19-21(14-16)30-22-15-20(28-24-25-12-7-13-26-24)17-8-5-6-9-18(17)23(22)27-19/h5-15H,3-4H2,1-2H3. The van der Waals surface area contributed by atoms with E-state index < -0.39 is 0 Å². The number of benzene rings is 3. The van der Waals surface area contributed by atoms with Gasteiger partial charge in [0.1, 0.15) is 11.2 Å². The van der Waals surface area contributed by atoms with Gasteiger partial charge in [-0.3, -0.25) is 0 Å². The summed E-state index contributed by atoms with van der Waals surface area (Å²) in [5.74, 6) is 1.10. The Labute approximate surface area is 173 Å². The predicted octanol–water partition coefficient (Wildman–Crippen LogP) is 4.95. The molecule has 0 amide bonds. The van der Waals surface area contributed by atoms with Gasteiger partial charge in [-0.1, -0.05) is 24.3 Å². The molecule has 30 heavy (non-hydrogen) atoms. The van der Waals surface area contributed by atoms with Gasteiger partial charge in [0.05, 0.1) is 5.36 Å².